The summed E-state index contributed by atoms with van der Waals surface area (Å²) >= 11 is 5.79. The molecule has 3 heterocycles. The molecule has 37 heavy (non-hydrogen) atoms. The quantitative estimate of drug-likeness (QED) is 0.331. The molecule has 3 aromatic heterocycles. The van der Waals surface area contributed by atoms with Crippen molar-refractivity contribution in [3.63, 3.8) is 0 Å². The summed E-state index contributed by atoms with van der Waals surface area (Å²) in [7, 11) is -2.37. The number of carbonyl (C=O) groups is 1. The lowest BCUT2D eigenvalue weighted by atomic mass is 10.2. The maximum atomic E-state index is 13.4. The number of hydrogen-bond acceptors (Lipinski definition) is 6. The highest BCUT2D eigenvalue weighted by Gasteiger charge is 2.21. The minimum Gasteiger partial charge on any atom is -0.321 e. The van der Waals surface area contributed by atoms with Gasteiger partial charge in [-0.2, -0.15) is 10.2 Å². The molecule has 13 heteroatoms. The minimum absolute atomic E-state index is 0.0325. The molecule has 10 nitrogen and oxygen atoms in total. The summed E-state index contributed by atoms with van der Waals surface area (Å²) in [6, 6.07) is 12.0. The van der Waals surface area contributed by atoms with Gasteiger partial charge in [-0.05, 0) is 55.5 Å². The first-order chi connectivity index (χ1) is 17.6. The molecule has 5 aromatic rings. The van der Waals surface area contributed by atoms with Crippen LogP contribution < -0.4 is 10.0 Å². The highest BCUT2D eigenvalue weighted by Crippen LogP contribution is 2.26. The van der Waals surface area contributed by atoms with Crippen molar-refractivity contribution in [1.82, 2.24) is 24.5 Å². The number of halogens is 2. The molecule has 0 unspecified atom stereocenters. The predicted octanol–water partition coefficient (Wildman–Crippen LogP) is 4.31. The number of hydrogen-bond donors (Lipinski definition) is 2. The number of amides is 1. The predicted molar refractivity (Wildman–Crippen MR) is 137 cm³/mol. The molecule has 0 atom stereocenters. The molecule has 0 aliphatic carbocycles. The Bertz CT molecular complexity index is 1780. The average Bonchev–Trinajstić information content (AvgIpc) is 3.46. The van der Waals surface area contributed by atoms with Gasteiger partial charge in [0.15, 0.2) is 0 Å². The van der Waals surface area contributed by atoms with Gasteiger partial charge in [-0.15, -0.1) is 0 Å². The SMILES string of the molecule is Cc1ncccc1-n1cc(S(=O)(=O)Nc2ccc3c(C(=O)Nc4ccc(F)c(Cl)c4)n(C)nc3c2)cn1. The fraction of sp³-hybridized carbons (Fsp3) is 0.0833. The van der Waals surface area contributed by atoms with Crippen LogP contribution in [0.15, 0.2) is 72.0 Å². The molecule has 2 N–H and O–H groups in total. The first-order valence-corrected chi connectivity index (χ1v) is 12.7. The summed E-state index contributed by atoms with van der Waals surface area (Å²) < 4.78 is 44.8. The van der Waals surface area contributed by atoms with Gasteiger partial charge in [-0.25, -0.2) is 17.5 Å². The molecule has 0 saturated carbocycles. The van der Waals surface area contributed by atoms with E-state index in [-0.39, 0.29) is 21.3 Å². The number of aryl methyl sites for hydroxylation is 2. The average molecular weight is 540 g/mol. The van der Waals surface area contributed by atoms with Gasteiger partial charge >= 0.3 is 0 Å². The molecule has 0 radical (unpaired) electrons. The molecule has 5 rings (SSSR count). The number of nitrogens with one attached hydrogen (secondary N) is 2. The monoisotopic (exact) mass is 539 g/mol. The summed E-state index contributed by atoms with van der Waals surface area (Å²) in [6.45, 7) is 1.80. The van der Waals surface area contributed by atoms with Gasteiger partial charge in [-0.3, -0.25) is 19.2 Å². The van der Waals surface area contributed by atoms with E-state index in [0.29, 0.717) is 28.0 Å². The maximum absolute atomic E-state index is 13.4. The number of aromatic nitrogens is 5. The van der Waals surface area contributed by atoms with Crippen LogP contribution in [0.2, 0.25) is 5.02 Å². The summed E-state index contributed by atoms with van der Waals surface area (Å²) in [5, 5.41) is 11.5. The fourth-order valence-electron chi connectivity index (χ4n) is 3.81. The Hall–Kier alpha value is -4.29. The smallest absolute Gasteiger partial charge is 0.274 e. The van der Waals surface area contributed by atoms with Crippen LogP contribution in [0.5, 0.6) is 0 Å². The van der Waals surface area contributed by atoms with E-state index in [1.165, 1.54) is 46.0 Å². The van der Waals surface area contributed by atoms with Crippen LogP contribution in [0.1, 0.15) is 16.2 Å². The van der Waals surface area contributed by atoms with Crippen molar-refractivity contribution in [3.05, 3.63) is 89.3 Å². The Kier molecular flexibility index (Phi) is 6.13. The molecular formula is C24H19ClFN7O3S. The molecule has 1 amide bonds. The van der Waals surface area contributed by atoms with Gasteiger partial charge < -0.3 is 5.32 Å². The van der Waals surface area contributed by atoms with Gasteiger partial charge in [0, 0.05) is 24.3 Å². The molecule has 0 fully saturated rings. The van der Waals surface area contributed by atoms with Crippen molar-refractivity contribution in [2.45, 2.75) is 11.8 Å². The molecule has 0 bridgehead atoms. The normalized spacial score (nSPS) is 11.6. The third-order valence-corrected chi connectivity index (χ3v) is 7.20. The number of pyridine rings is 1. The van der Waals surface area contributed by atoms with Crippen molar-refractivity contribution in [2.75, 3.05) is 10.0 Å². The zero-order chi connectivity index (χ0) is 26.3. The zero-order valence-corrected chi connectivity index (χ0v) is 21.0. The Morgan fingerprint density at radius 1 is 1.11 bits per heavy atom. The highest BCUT2D eigenvalue weighted by molar-refractivity contribution is 7.92. The number of benzene rings is 2. The first-order valence-electron chi connectivity index (χ1n) is 10.8. The van der Waals surface area contributed by atoms with Gasteiger partial charge in [-0.1, -0.05) is 11.6 Å². The Morgan fingerprint density at radius 2 is 1.89 bits per heavy atom. The molecule has 0 spiro atoms. The van der Waals surface area contributed by atoms with Crippen LogP contribution in [-0.4, -0.2) is 38.9 Å². The largest absolute Gasteiger partial charge is 0.321 e. The van der Waals surface area contributed by atoms with E-state index in [4.69, 9.17) is 11.6 Å². The van der Waals surface area contributed by atoms with Gasteiger partial charge in [0.2, 0.25) is 0 Å². The highest BCUT2D eigenvalue weighted by atomic mass is 35.5. The van der Waals surface area contributed by atoms with E-state index in [9.17, 15) is 17.6 Å². The second kappa shape index (κ2) is 9.30. The van der Waals surface area contributed by atoms with Crippen LogP contribution in [0.3, 0.4) is 0 Å². The van der Waals surface area contributed by atoms with Gasteiger partial charge in [0.25, 0.3) is 15.9 Å². The summed E-state index contributed by atoms with van der Waals surface area (Å²) in [5.41, 5.74) is 2.56. The lowest BCUT2D eigenvalue weighted by Gasteiger charge is -2.08. The minimum atomic E-state index is -3.96. The number of fused-ring (bicyclic) bond motifs is 1. The van der Waals surface area contributed by atoms with Crippen molar-refractivity contribution in [1.29, 1.82) is 0 Å². The second-order valence-electron chi connectivity index (χ2n) is 8.12. The van der Waals surface area contributed by atoms with E-state index in [0.717, 1.165) is 6.07 Å². The summed E-state index contributed by atoms with van der Waals surface area (Å²) in [4.78, 5) is 17.1. The third kappa shape index (κ3) is 4.76. The van der Waals surface area contributed by atoms with Crippen molar-refractivity contribution in [2.24, 2.45) is 7.05 Å². The molecule has 0 aliphatic heterocycles. The molecule has 2 aromatic carbocycles. The van der Waals surface area contributed by atoms with Crippen LogP contribution >= 0.6 is 11.6 Å². The number of nitrogens with zero attached hydrogens (tertiary/aromatic N) is 5. The number of anilines is 2. The number of carbonyl (C=O) groups excluding carboxylic acids is 1. The van der Waals surface area contributed by atoms with Crippen molar-refractivity contribution in [3.8, 4) is 5.69 Å². The van der Waals surface area contributed by atoms with Crippen LogP contribution in [0.4, 0.5) is 15.8 Å². The van der Waals surface area contributed by atoms with Crippen molar-refractivity contribution >= 4 is 49.8 Å². The van der Waals surface area contributed by atoms with Gasteiger partial charge in [0.05, 0.1) is 40.0 Å². The van der Waals surface area contributed by atoms with Crippen LogP contribution in [0, 0.1) is 12.7 Å². The maximum Gasteiger partial charge on any atom is 0.274 e. The summed E-state index contributed by atoms with van der Waals surface area (Å²) in [5.74, 6) is -1.08. The van der Waals surface area contributed by atoms with Gasteiger partial charge in [0.1, 0.15) is 16.4 Å². The fourth-order valence-corrected chi connectivity index (χ4v) is 4.97. The zero-order valence-electron chi connectivity index (χ0n) is 19.5. The van der Waals surface area contributed by atoms with Crippen LogP contribution in [0.25, 0.3) is 16.6 Å². The first kappa shape index (κ1) is 24.4. The molecule has 0 saturated heterocycles. The molecular weight excluding hydrogens is 521 g/mol. The van der Waals surface area contributed by atoms with Crippen LogP contribution in [-0.2, 0) is 17.1 Å². The lowest BCUT2D eigenvalue weighted by molar-refractivity contribution is 0.101. The van der Waals surface area contributed by atoms with E-state index in [1.54, 1.807) is 38.4 Å². The summed E-state index contributed by atoms with van der Waals surface area (Å²) in [6.07, 6.45) is 4.29. The topological polar surface area (TPSA) is 124 Å². The van der Waals surface area contributed by atoms with E-state index in [2.05, 4.69) is 25.2 Å². The number of sulfonamides is 1. The second-order valence-corrected chi connectivity index (χ2v) is 10.2. The third-order valence-electron chi connectivity index (χ3n) is 5.57. The van der Waals surface area contributed by atoms with E-state index < -0.39 is 21.7 Å². The Labute approximate surface area is 215 Å². The lowest BCUT2D eigenvalue weighted by Crippen LogP contribution is -2.16. The standard InChI is InChI=1S/C24H19ClFN7O3S/c1-14-22(4-3-9-27-14)33-13-17(12-28-33)37(35,36)31-16-5-7-18-21(11-16)30-32(2)23(18)24(34)29-15-6-8-20(26)19(25)10-15/h3-13,31H,1-2H3,(H,29,34). The molecule has 0 aliphatic rings. The molecule has 188 valence electrons. The van der Waals surface area contributed by atoms with Crippen molar-refractivity contribution < 1.29 is 17.6 Å². The Morgan fingerprint density at radius 3 is 2.65 bits per heavy atom. The number of rotatable bonds is 6. The van der Waals surface area contributed by atoms with E-state index in [1.807, 2.05) is 0 Å². The van der Waals surface area contributed by atoms with E-state index >= 15 is 0 Å². The Balaban J connectivity index is 1.39.